The van der Waals surface area contributed by atoms with Crippen molar-refractivity contribution < 1.29 is 24.4 Å². The molecule has 0 fully saturated rings. The number of rotatable bonds is 3. The Bertz CT molecular complexity index is 934. The minimum absolute atomic E-state index is 0.0313. The average molecular weight is 325 g/mol. The summed E-state index contributed by atoms with van der Waals surface area (Å²) in [5.74, 6) is -2.84. The fraction of sp³-hybridized carbons (Fsp3) is 0.0625. The predicted octanol–water partition coefficient (Wildman–Crippen LogP) is 1.07. The first-order valence-corrected chi connectivity index (χ1v) is 6.80. The zero-order valence-electron chi connectivity index (χ0n) is 12.3. The van der Waals surface area contributed by atoms with E-state index < -0.39 is 22.7 Å². The second-order valence-corrected chi connectivity index (χ2v) is 5.22. The highest BCUT2D eigenvalue weighted by Crippen LogP contribution is 2.32. The molecule has 0 aliphatic carbocycles. The number of amides is 2. The number of carbonyl (C=O) groups is 3. The molecule has 8 heteroatoms. The maximum absolute atomic E-state index is 12.5. The Kier molecular flexibility index (Phi) is 3.37. The van der Waals surface area contributed by atoms with Crippen molar-refractivity contribution in [2.75, 3.05) is 4.90 Å². The van der Waals surface area contributed by atoms with Crippen LogP contribution in [0.4, 0.5) is 11.4 Å². The van der Waals surface area contributed by atoms with Gasteiger partial charge in [0.25, 0.3) is 17.5 Å². The van der Waals surface area contributed by atoms with E-state index in [0.29, 0.717) is 5.56 Å². The van der Waals surface area contributed by atoms with E-state index in [1.165, 1.54) is 24.3 Å². The van der Waals surface area contributed by atoms with E-state index in [4.69, 9.17) is 0 Å². The Labute approximate surface area is 135 Å². The molecule has 2 aromatic carbocycles. The average Bonchev–Trinajstić information content (AvgIpc) is 2.79. The smallest absolute Gasteiger partial charge is 0.270 e. The normalized spacial score (nSPS) is 13.1. The Balaban J connectivity index is 2.13. The minimum atomic E-state index is -1.44. The summed E-state index contributed by atoms with van der Waals surface area (Å²) in [6.45, 7) is 1.61. The molecule has 1 heterocycles. The lowest BCUT2D eigenvalue weighted by molar-refractivity contribution is -0.384. The van der Waals surface area contributed by atoms with Crippen LogP contribution >= 0.6 is 0 Å². The number of benzene rings is 2. The molecule has 0 saturated heterocycles. The van der Waals surface area contributed by atoms with Crippen molar-refractivity contribution in [2.45, 2.75) is 6.92 Å². The van der Waals surface area contributed by atoms with Crippen LogP contribution in [0, 0.1) is 17.0 Å². The van der Waals surface area contributed by atoms with Crippen molar-refractivity contribution in [1.29, 1.82) is 0 Å². The second-order valence-electron chi connectivity index (χ2n) is 5.22. The number of aromatic carboxylic acids is 1. The van der Waals surface area contributed by atoms with Gasteiger partial charge < -0.3 is 9.90 Å². The van der Waals surface area contributed by atoms with Crippen LogP contribution in [0.5, 0.6) is 0 Å². The van der Waals surface area contributed by atoms with Gasteiger partial charge in [0.1, 0.15) is 0 Å². The number of carbonyl (C=O) groups excluding carboxylic acids is 3. The Morgan fingerprint density at radius 2 is 1.71 bits per heavy atom. The molecule has 2 amide bonds. The van der Waals surface area contributed by atoms with Gasteiger partial charge in [0.15, 0.2) is 0 Å². The van der Waals surface area contributed by atoms with Crippen LogP contribution in [0.2, 0.25) is 0 Å². The Hall–Kier alpha value is -3.55. The van der Waals surface area contributed by atoms with E-state index in [9.17, 15) is 29.6 Å². The van der Waals surface area contributed by atoms with Gasteiger partial charge in [-0.1, -0.05) is 12.1 Å². The van der Waals surface area contributed by atoms with Crippen LogP contribution in [-0.4, -0.2) is 22.7 Å². The van der Waals surface area contributed by atoms with Gasteiger partial charge in [0, 0.05) is 12.1 Å². The summed E-state index contributed by atoms with van der Waals surface area (Å²) < 4.78 is 0. The van der Waals surface area contributed by atoms with Gasteiger partial charge in [-0.2, -0.15) is 0 Å². The molecule has 0 aromatic heterocycles. The van der Waals surface area contributed by atoms with Crippen molar-refractivity contribution in [3.63, 3.8) is 0 Å². The van der Waals surface area contributed by atoms with Crippen LogP contribution in [0.15, 0.2) is 36.4 Å². The third-order valence-corrected chi connectivity index (χ3v) is 3.77. The molecule has 0 N–H and O–H groups in total. The van der Waals surface area contributed by atoms with Crippen LogP contribution in [0.3, 0.4) is 0 Å². The molecule has 24 heavy (non-hydrogen) atoms. The standard InChI is InChI=1S/C16H10N2O6/c1-8-2-3-9(16(21)22)6-13(8)17-14(19)11-5-4-10(18(23)24)7-12(11)15(17)20/h2-7H,1H3,(H,21,22)/p-1. The molecule has 2 aromatic rings. The molecule has 0 saturated carbocycles. The molecule has 0 bridgehead atoms. The van der Waals surface area contributed by atoms with Crippen LogP contribution in [-0.2, 0) is 0 Å². The molecule has 1 aliphatic rings. The Morgan fingerprint density at radius 3 is 2.33 bits per heavy atom. The van der Waals surface area contributed by atoms with Gasteiger partial charge in [-0.15, -0.1) is 0 Å². The lowest BCUT2D eigenvalue weighted by Crippen LogP contribution is -2.31. The first-order chi connectivity index (χ1) is 11.3. The number of nitro benzene ring substituents is 1. The summed E-state index contributed by atoms with van der Waals surface area (Å²) in [6.07, 6.45) is 0. The number of nitro groups is 1. The molecular weight excluding hydrogens is 316 g/mol. The van der Waals surface area contributed by atoms with Gasteiger partial charge in [0.2, 0.25) is 0 Å². The fourth-order valence-corrected chi connectivity index (χ4v) is 2.54. The van der Waals surface area contributed by atoms with Crippen LogP contribution in [0.1, 0.15) is 36.6 Å². The van der Waals surface area contributed by atoms with E-state index in [1.807, 2.05) is 0 Å². The van der Waals surface area contributed by atoms with Crippen molar-refractivity contribution in [2.24, 2.45) is 0 Å². The van der Waals surface area contributed by atoms with Gasteiger partial charge >= 0.3 is 0 Å². The molecule has 1 aliphatic heterocycles. The van der Waals surface area contributed by atoms with E-state index in [0.717, 1.165) is 17.0 Å². The van der Waals surface area contributed by atoms with Gasteiger partial charge in [-0.3, -0.25) is 19.7 Å². The highest BCUT2D eigenvalue weighted by atomic mass is 16.6. The molecule has 120 valence electrons. The number of hydrogen-bond acceptors (Lipinski definition) is 6. The van der Waals surface area contributed by atoms with Gasteiger partial charge in [-0.25, -0.2) is 4.90 Å². The fourth-order valence-electron chi connectivity index (χ4n) is 2.54. The van der Waals surface area contributed by atoms with E-state index >= 15 is 0 Å². The maximum Gasteiger partial charge on any atom is 0.270 e. The molecule has 3 rings (SSSR count). The molecule has 0 spiro atoms. The number of imide groups is 1. The molecule has 0 unspecified atom stereocenters. The van der Waals surface area contributed by atoms with Crippen molar-refractivity contribution in [3.05, 3.63) is 68.8 Å². The monoisotopic (exact) mass is 325 g/mol. The third-order valence-electron chi connectivity index (χ3n) is 3.77. The van der Waals surface area contributed by atoms with Crippen LogP contribution in [0.25, 0.3) is 0 Å². The number of fused-ring (bicyclic) bond motifs is 1. The summed E-state index contributed by atoms with van der Waals surface area (Å²) in [6, 6.07) is 7.31. The number of non-ortho nitro benzene ring substituents is 1. The lowest BCUT2D eigenvalue weighted by Gasteiger charge is -2.18. The summed E-state index contributed by atoms with van der Waals surface area (Å²) in [4.78, 5) is 47.0. The first kappa shape index (κ1) is 15.3. The van der Waals surface area contributed by atoms with Crippen molar-refractivity contribution >= 4 is 29.2 Å². The molecular formula is C16H9N2O6-. The number of aryl methyl sites for hydroxylation is 1. The summed E-state index contributed by atoms with van der Waals surface area (Å²) in [5.41, 5.74) is 0.0564. The predicted molar refractivity (Wildman–Crippen MR) is 79.7 cm³/mol. The highest BCUT2D eigenvalue weighted by molar-refractivity contribution is 6.34. The number of anilines is 1. The summed E-state index contributed by atoms with van der Waals surface area (Å²) in [7, 11) is 0. The van der Waals surface area contributed by atoms with E-state index in [-0.39, 0.29) is 28.1 Å². The number of carboxylic acid groups (broad SMARTS) is 1. The topological polar surface area (TPSA) is 121 Å². The zero-order chi connectivity index (χ0) is 17.6. The zero-order valence-corrected chi connectivity index (χ0v) is 12.3. The number of carboxylic acids is 1. The van der Waals surface area contributed by atoms with Crippen molar-refractivity contribution in [3.8, 4) is 0 Å². The van der Waals surface area contributed by atoms with Crippen molar-refractivity contribution in [1.82, 2.24) is 0 Å². The van der Waals surface area contributed by atoms with Gasteiger partial charge in [0.05, 0.1) is 27.7 Å². The minimum Gasteiger partial charge on any atom is -0.545 e. The SMILES string of the molecule is Cc1ccc(C(=O)[O-])cc1N1C(=O)c2ccc([N+](=O)[O-])cc2C1=O. The number of hydrogen-bond donors (Lipinski definition) is 0. The Morgan fingerprint density at radius 1 is 1.04 bits per heavy atom. The summed E-state index contributed by atoms with van der Waals surface area (Å²) in [5, 5.41) is 21.8. The lowest BCUT2D eigenvalue weighted by atomic mass is 10.1. The quantitative estimate of drug-likeness (QED) is 0.473. The second kappa shape index (κ2) is 5.27. The highest BCUT2D eigenvalue weighted by Gasteiger charge is 2.38. The molecule has 0 radical (unpaired) electrons. The van der Waals surface area contributed by atoms with Gasteiger partial charge in [-0.05, 0) is 30.2 Å². The molecule has 8 nitrogen and oxygen atoms in total. The largest absolute Gasteiger partial charge is 0.545 e. The summed E-state index contributed by atoms with van der Waals surface area (Å²) >= 11 is 0. The first-order valence-electron chi connectivity index (χ1n) is 6.80. The molecule has 0 atom stereocenters. The van der Waals surface area contributed by atoms with Crippen LogP contribution < -0.4 is 10.0 Å². The maximum atomic E-state index is 12.5. The van der Waals surface area contributed by atoms with E-state index in [2.05, 4.69) is 0 Å². The van der Waals surface area contributed by atoms with E-state index in [1.54, 1.807) is 6.92 Å². The third kappa shape index (κ3) is 2.21. The number of nitrogens with zero attached hydrogens (tertiary/aromatic N) is 2.